The van der Waals surface area contributed by atoms with Gasteiger partial charge in [0.15, 0.2) is 0 Å². The van der Waals surface area contributed by atoms with Gasteiger partial charge in [-0.25, -0.2) is 4.98 Å². The van der Waals surface area contributed by atoms with Gasteiger partial charge in [0, 0.05) is 29.5 Å². The summed E-state index contributed by atoms with van der Waals surface area (Å²) in [4.78, 5) is 3.94. The summed E-state index contributed by atoms with van der Waals surface area (Å²) in [6.45, 7) is 0.852. The summed E-state index contributed by atoms with van der Waals surface area (Å²) in [6, 6.07) is 11.6. The van der Waals surface area contributed by atoms with E-state index in [1.807, 2.05) is 36.4 Å². The molecule has 2 rings (SSSR count). The number of pyridine rings is 1. The molecule has 0 saturated carbocycles. The van der Waals surface area contributed by atoms with Crippen molar-refractivity contribution in [1.29, 1.82) is 0 Å². The summed E-state index contributed by atoms with van der Waals surface area (Å²) in [6.07, 6.45) is 2.64. The molecule has 1 heterocycles. The predicted octanol–water partition coefficient (Wildman–Crippen LogP) is 2.97. The van der Waals surface area contributed by atoms with Gasteiger partial charge in [0.25, 0.3) is 0 Å². The molecule has 3 nitrogen and oxygen atoms in total. The van der Waals surface area contributed by atoms with Crippen molar-refractivity contribution in [3.63, 3.8) is 0 Å². The van der Waals surface area contributed by atoms with E-state index in [1.165, 1.54) is 5.56 Å². The van der Waals surface area contributed by atoms with Crippen LogP contribution in [0, 0.1) is 0 Å². The number of hydrogen-bond donors (Lipinski definition) is 2. The molecule has 0 saturated heterocycles. The number of halogens is 1. The maximum Gasteiger partial charge on any atom is 0.125 e. The third-order valence-corrected chi connectivity index (χ3v) is 2.69. The molecule has 88 valence electrons. The summed E-state index contributed by atoms with van der Waals surface area (Å²) < 4.78 is 0. The van der Waals surface area contributed by atoms with E-state index in [1.54, 1.807) is 6.20 Å². The lowest BCUT2D eigenvalue weighted by molar-refractivity contribution is 1.02. The third-order valence-electron chi connectivity index (χ3n) is 2.44. The van der Waals surface area contributed by atoms with Crippen molar-refractivity contribution in [3.05, 3.63) is 53.2 Å². The van der Waals surface area contributed by atoms with Gasteiger partial charge >= 0.3 is 0 Å². The average Bonchev–Trinajstić information content (AvgIpc) is 2.32. The number of anilines is 2. The van der Waals surface area contributed by atoms with Gasteiger partial charge in [-0.05, 0) is 30.2 Å². The zero-order valence-electron chi connectivity index (χ0n) is 9.36. The maximum absolute atomic E-state index is 5.82. The molecule has 4 heteroatoms. The predicted molar refractivity (Wildman–Crippen MR) is 72.3 cm³/mol. The van der Waals surface area contributed by atoms with Gasteiger partial charge in [0.2, 0.25) is 0 Å². The van der Waals surface area contributed by atoms with Gasteiger partial charge in [-0.1, -0.05) is 23.7 Å². The lowest BCUT2D eigenvalue weighted by atomic mass is 10.1. The Morgan fingerprint density at radius 1 is 1.18 bits per heavy atom. The molecule has 0 radical (unpaired) electrons. The minimum atomic E-state index is 0.529. The molecular formula is C13H14ClN3. The maximum atomic E-state index is 5.82. The van der Waals surface area contributed by atoms with E-state index in [-0.39, 0.29) is 0 Å². The Labute approximate surface area is 106 Å². The first-order chi connectivity index (χ1) is 8.24. The van der Waals surface area contributed by atoms with Crippen molar-refractivity contribution >= 4 is 23.1 Å². The molecule has 0 amide bonds. The number of hydrogen-bond acceptors (Lipinski definition) is 3. The molecular weight excluding hydrogens is 234 g/mol. The fraction of sp³-hybridized carbons (Fsp3) is 0.154. The van der Waals surface area contributed by atoms with Crippen LogP contribution in [0.4, 0.5) is 11.5 Å². The van der Waals surface area contributed by atoms with Gasteiger partial charge in [0.05, 0.1) is 0 Å². The summed E-state index contributed by atoms with van der Waals surface area (Å²) in [5, 5.41) is 4.06. The van der Waals surface area contributed by atoms with Crippen LogP contribution in [-0.2, 0) is 6.42 Å². The van der Waals surface area contributed by atoms with Crippen LogP contribution in [0.3, 0.4) is 0 Å². The Kier molecular flexibility index (Phi) is 3.83. The number of nitrogens with one attached hydrogen (secondary N) is 1. The first-order valence-electron chi connectivity index (χ1n) is 5.44. The van der Waals surface area contributed by atoms with Gasteiger partial charge in [-0.2, -0.15) is 0 Å². The van der Waals surface area contributed by atoms with Gasteiger partial charge in [-0.15, -0.1) is 0 Å². The minimum Gasteiger partial charge on any atom is -0.385 e. The highest BCUT2D eigenvalue weighted by Crippen LogP contribution is 2.11. The first-order valence-corrected chi connectivity index (χ1v) is 5.82. The molecule has 1 aromatic carbocycles. The van der Waals surface area contributed by atoms with E-state index in [9.17, 15) is 0 Å². The largest absolute Gasteiger partial charge is 0.385 e. The number of benzene rings is 1. The van der Waals surface area contributed by atoms with Crippen LogP contribution in [0.1, 0.15) is 5.56 Å². The molecule has 1 aromatic heterocycles. The van der Waals surface area contributed by atoms with Crippen LogP contribution in [-0.4, -0.2) is 11.5 Å². The Hall–Kier alpha value is -1.74. The van der Waals surface area contributed by atoms with Gasteiger partial charge in [0.1, 0.15) is 5.82 Å². The number of nitrogens with two attached hydrogens (primary N) is 1. The van der Waals surface area contributed by atoms with Crippen LogP contribution in [0.2, 0.25) is 5.02 Å². The van der Waals surface area contributed by atoms with E-state index in [2.05, 4.69) is 10.3 Å². The molecule has 0 fully saturated rings. The summed E-state index contributed by atoms with van der Waals surface area (Å²) in [7, 11) is 0. The second-order valence-electron chi connectivity index (χ2n) is 3.77. The zero-order chi connectivity index (χ0) is 12.1. The molecule has 0 aliphatic heterocycles. The molecule has 0 aliphatic rings. The van der Waals surface area contributed by atoms with Crippen LogP contribution in [0.25, 0.3) is 0 Å². The third kappa shape index (κ3) is 3.64. The smallest absolute Gasteiger partial charge is 0.125 e. The first kappa shape index (κ1) is 11.7. The Bertz CT molecular complexity index is 482. The van der Waals surface area contributed by atoms with Crippen molar-refractivity contribution in [2.24, 2.45) is 0 Å². The second-order valence-corrected chi connectivity index (χ2v) is 4.21. The van der Waals surface area contributed by atoms with Crippen LogP contribution >= 0.6 is 11.6 Å². The highest BCUT2D eigenvalue weighted by atomic mass is 35.5. The highest BCUT2D eigenvalue weighted by molar-refractivity contribution is 6.30. The van der Waals surface area contributed by atoms with Gasteiger partial charge < -0.3 is 11.1 Å². The van der Waals surface area contributed by atoms with Crippen LogP contribution in [0.5, 0.6) is 0 Å². The monoisotopic (exact) mass is 247 g/mol. The average molecular weight is 248 g/mol. The lowest BCUT2D eigenvalue weighted by Crippen LogP contribution is -2.05. The second kappa shape index (κ2) is 5.55. The quantitative estimate of drug-likeness (QED) is 0.873. The van der Waals surface area contributed by atoms with Gasteiger partial charge in [-0.3, -0.25) is 0 Å². The molecule has 0 atom stereocenters. The van der Waals surface area contributed by atoms with Crippen molar-refractivity contribution in [2.75, 3.05) is 17.6 Å². The topological polar surface area (TPSA) is 50.9 Å². The molecule has 17 heavy (non-hydrogen) atoms. The fourth-order valence-corrected chi connectivity index (χ4v) is 1.69. The molecule has 2 aromatic rings. The number of aromatic nitrogens is 1. The van der Waals surface area contributed by atoms with E-state index < -0.39 is 0 Å². The standard InChI is InChI=1S/C13H14ClN3/c14-11-3-1-10(2-4-11)5-7-16-12-6-8-17-13(15)9-12/h1-4,6,8-9H,5,7H2,(H3,15,16,17). The van der Waals surface area contributed by atoms with Crippen molar-refractivity contribution in [1.82, 2.24) is 4.98 Å². The van der Waals surface area contributed by atoms with E-state index >= 15 is 0 Å². The molecule has 0 aliphatic carbocycles. The Balaban J connectivity index is 1.85. The Morgan fingerprint density at radius 3 is 2.65 bits per heavy atom. The summed E-state index contributed by atoms with van der Waals surface area (Å²) >= 11 is 5.82. The number of nitrogen functional groups attached to an aromatic ring is 1. The van der Waals surface area contributed by atoms with E-state index in [4.69, 9.17) is 17.3 Å². The van der Waals surface area contributed by atoms with Crippen LogP contribution < -0.4 is 11.1 Å². The number of rotatable bonds is 4. The fourth-order valence-electron chi connectivity index (χ4n) is 1.56. The minimum absolute atomic E-state index is 0.529. The molecule has 0 unspecified atom stereocenters. The van der Waals surface area contributed by atoms with Crippen molar-refractivity contribution in [2.45, 2.75) is 6.42 Å². The lowest BCUT2D eigenvalue weighted by Gasteiger charge is -2.06. The molecule has 0 bridgehead atoms. The zero-order valence-corrected chi connectivity index (χ0v) is 10.1. The van der Waals surface area contributed by atoms with E-state index in [0.717, 1.165) is 23.7 Å². The summed E-state index contributed by atoms with van der Waals surface area (Å²) in [5.74, 6) is 0.529. The van der Waals surface area contributed by atoms with Crippen LogP contribution in [0.15, 0.2) is 42.6 Å². The molecule has 3 N–H and O–H groups in total. The normalized spacial score (nSPS) is 10.2. The van der Waals surface area contributed by atoms with E-state index in [0.29, 0.717) is 5.82 Å². The van der Waals surface area contributed by atoms with Crippen molar-refractivity contribution in [3.8, 4) is 0 Å². The molecule has 0 spiro atoms. The summed E-state index contributed by atoms with van der Waals surface area (Å²) in [5.41, 5.74) is 7.84. The van der Waals surface area contributed by atoms with Crippen molar-refractivity contribution < 1.29 is 0 Å². The number of nitrogens with zero attached hydrogens (tertiary/aromatic N) is 1. The SMILES string of the molecule is Nc1cc(NCCc2ccc(Cl)cc2)ccn1. The Morgan fingerprint density at radius 2 is 1.94 bits per heavy atom. The highest BCUT2D eigenvalue weighted by Gasteiger charge is 1.95.